The lowest BCUT2D eigenvalue weighted by atomic mass is 9.91. The van der Waals surface area contributed by atoms with Crippen LogP contribution in [0.2, 0.25) is 0 Å². The highest BCUT2D eigenvalue weighted by atomic mass is 32.1. The number of alkyl halides is 3. The number of hydrogen-bond donors (Lipinski definition) is 1. The minimum Gasteiger partial charge on any atom is -0.355 e. The van der Waals surface area contributed by atoms with Crippen LogP contribution in [-0.2, 0) is 22.3 Å². The van der Waals surface area contributed by atoms with Gasteiger partial charge in [-0.3, -0.25) is 19.0 Å². The molecule has 0 fully saturated rings. The Balaban J connectivity index is 2.60. The van der Waals surface area contributed by atoms with Gasteiger partial charge in [0.25, 0.3) is 5.56 Å². The maximum absolute atomic E-state index is 12.8. The standard InChI is InChI=1S/C21H23F3N2O3S/c1-5-25-17(28)12-26-18(11-16(27)20(2,3)4)30-15(19(26)29)10-13-6-8-14(9-7-13)21(22,23)24/h6-11H,5,12H2,1-4H3,(H,25,28)/b15-10+,18-11-. The second-order valence-corrected chi connectivity index (χ2v) is 8.73. The lowest BCUT2D eigenvalue weighted by Crippen LogP contribution is -2.38. The quantitative estimate of drug-likeness (QED) is 0.776. The van der Waals surface area contributed by atoms with Crippen LogP contribution in [0.15, 0.2) is 29.1 Å². The third-order valence-corrected chi connectivity index (χ3v) is 5.20. The first-order valence-electron chi connectivity index (χ1n) is 9.24. The molecule has 0 bridgehead atoms. The van der Waals surface area contributed by atoms with E-state index in [1.54, 1.807) is 27.7 Å². The minimum absolute atomic E-state index is 0.213. The molecule has 0 unspecified atom stereocenters. The number of aromatic nitrogens is 1. The van der Waals surface area contributed by atoms with Crippen LogP contribution in [-0.4, -0.2) is 22.8 Å². The first-order chi connectivity index (χ1) is 13.8. The Labute approximate surface area is 175 Å². The molecule has 1 aromatic carbocycles. The van der Waals surface area contributed by atoms with Gasteiger partial charge in [0.15, 0.2) is 5.78 Å². The second-order valence-electron chi connectivity index (χ2n) is 7.67. The van der Waals surface area contributed by atoms with Crippen molar-refractivity contribution < 1.29 is 22.8 Å². The van der Waals surface area contributed by atoms with E-state index in [9.17, 15) is 27.6 Å². The number of carbonyl (C=O) groups is 2. The molecule has 1 heterocycles. The molecule has 1 N–H and O–H groups in total. The van der Waals surface area contributed by atoms with Gasteiger partial charge < -0.3 is 5.32 Å². The number of rotatable bonds is 5. The first kappa shape index (κ1) is 23.6. The summed E-state index contributed by atoms with van der Waals surface area (Å²) in [7, 11) is 0. The molecule has 162 valence electrons. The highest BCUT2D eigenvalue weighted by Gasteiger charge is 2.29. The number of ketones is 1. The van der Waals surface area contributed by atoms with E-state index in [0.717, 1.165) is 23.5 Å². The summed E-state index contributed by atoms with van der Waals surface area (Å²) in [5.74, 6) is -0.592. The van der Waals surface area contributed by atoms with Gasteiger partial charge in [0.05, 0.1) is 10.1 Å². The Bertz CT molecular complexity index is 1100. The molecule has 1 amide bonds. The van der Waals surface area contributed by atoms with Gasteiger partial charge in [-0.15, -0.1) is 11.3 Å². The first-order valence-corrected chi connectivity index (χ1v) is 10.1. The third kappa shape index (κ3) is 5.91. The number of nitrogens with zero attached hydrogens (tertiary/aromatic N) is 1. The fraction of sp³-hybridized carbons (Fsp3) is 0.381. The summed E-state index contributed by atoms with van der Waals surface area (Å²) in [5, 5.41) is 2.60. The van der Waals surface area contributed by atoms with E-state index in [1.807, 2.05) is 0 Å². The van der Waals surface area contributed by atoms with E-state index < -0.39 is 22.7 Å². The zero-order valence-electron chi connectivity index (χ0n) is 17.1. The number of likely N-dealkylation sites (N-methyl/N-ethyl adjacent to an activating group) is 1. The molecule has 0 radical (unpaired) electrons. The monoisotopic (exact) mass is 440 g/mol. The Hall–Kier alpha value is -2.68. The Morgan fingerprint density at radius 3 is 2.23 bits per heavy atom. The molecule has 0 spiro atoms. The molecule has 5 nitrogen and oxygen atoms in total. The van der Waals surface area contributed by atoms with Gasteiger partial charge in [-0.25, -0.2) is 0 Å². The number of thiazole rings is 1. The summed E-state index contributed by atoms with van der Waals surface area (Å²) in [4.78, 5) is 37.3. The van der Waals surface area contributed by atoms with Crippen molar-refractivity contribution in [1.82, 2.24) is 9.88 Å². The van der Waals surface area contributed by atoms with Crippen LogP contribution in [0.5, 0.6) is 0 Å². The van der Waals surface area contributed by atoms with Gasteiger partial charge in [0.1, 0.15) is 11.2 Å². The average Bonchev–Trinajstić information content (AvgIpc) is 2.89. The van der Waals surface area contributed by atoms with Crippen LogP contribution < -0.4 is 20.1 Å². The van der Waals surface area contributed by atoms with E-state index in [1.165, 1.54) is 28.9 Å². The molecule has 1 aromatic heterocycles. The average molecular weight is 440 g/mol. The van der Waals surface area contributed by atoms with Crippen LogP contribution in [0.3, 0.4) is 0 Å². The molecule has 2 aromatic rings. The van der Waals surface area contributed by atoms with Crippen molar-refractivity contribution in [3.05, 3.63) is 54.9 Å². The van der Waals surface area contributed by atoms with Crippen LogP contribution in [0.4, 0.5) is 13.2 Å². The number of benzene rings is 1. The van der Waals surface area contributed by atoms with Crippen LogP contribution >= 0.6 is 11.3 Å². The Morgan fingerprint density at radius 1 is 1.13 bits per heavy atom. The lowest BCUT2D eigenvalue weighted by molar-refractivity contribution is -0.137. The van der Waals surface area contributed by atoms with E-state index >= 15 is 0 Å². The number of Topliss-reactive ketones (excluding diaryl/α,β-unsaturated/α-hetero) is 1. The van der Waals surface area contributed by atoms with Crippen LogP contribution in [0.25, 0.3) is 12.2 Å². The van der Waals surface area contributed by atoms with Crippen LogP contribution in [0.1, 0.15) is 38.8 Å². The fourth-order valence-corrected chi connectivity index (χ4v) is 3.48. The van der Waals surface area contributed by atoms with E-state index in [4.69, 9.17) is 0 Å². The van der Waals surface area contributed by atoms with Gasteiger partial charge in [0, 0.05) is 18.0 Å². The summed E-state index contributed by atoms with van der Waals surface area (Å²) in [6.45, 7) is 7.09. The number of carbonyl (C=O) groups excluding carboxylic acids is 2. The van der Waals surface area contributed by atoms with E-state index in [2.05, 4.69) is 5.32 Å². The van der Waals surface area contributed by atoms with Crippen molar-refractivity contribution in [2.24, 2.45) is 5.41 Å². The molecule has 0 saturated carbocycles. The van der Waals surface area contributed by atoms with Gasteiger partial charge in [-0.2, -0.15) is 13.2 Å². The van der Waals surface area contributed by atoms with Gasteiger partial charge in [0.2, 0.25) is 5.91 Å². The maximum atomic E-state index is 12.8. The summed E-state index contributed by atoms with van der Waals surface area (Å²) < 4.78 is 39.9. The number of hydrogen-bond acceptors (Lipinski definition) is 4. The van der Waals surface area contributed by atoms with Gasteiger partial charge in [-0.1, -0.05) is 32.9 Å². The van der Waals surface area contributed by atoms with E-state index in [-0.39, 0.29) is 22.8 Å². The minimum atomic E-state index is -4.45. The summed E-state index contributed by atoms with van der Waals surface area (Å²) in [6, 6.07) is 4.39. The van der Waals surface area contributed by atoms with E-state index in [0.29, 0.717) is 16.8 Å². The molecule has 0 aliphatic heterocycles. The van der Waals surface area contributed by atoms with Crippen LogP contribution in [0, 0.1) is 5.41 Å². The van der Waals surface area contributed by atoms with Gasteiger partial charge >= 0.3 is 6.18 Å². The molecule has 0 aliphatic carbocycles. The molecule has 0 aliphatic rings. The third-order valence-electron chi connectivity index (χ3n) is 4.14. The zero-order chi connectivity index (χ0) is 22.7. The molecular weight excluding hydrogens is 417 g/mol. The molecule has 30 heavy (non-hydrogen) atoms. The highest BCUT2D eigenvalue weighted by molar-refractivity contribution is 7.07. The van der Waals surface area contributed by atoms with Crippen molar-refractivity contribution in [2.45, 2.75) is 40.4 Å². The predicted octanol–water partition coefficient (Wildman–Crippen LogP) is 2.29. The molecule has 2 rings (SSSR count). The van der Waals surface area contributed by atoms with Crippen molar-refractivity contribution in [3.8, 4) is 0 Å². The van der Waals surface area contributed by atoms with Crippen molar-refractivity contribution in [2.75, 3.05) is 6.54 Å². The van der Waals surface area contributed by atoms with Gasteiger partial charge in [-0.05, 0) is 30.7 Å². The second kappa shape index (κ2) is 8.99. The normalized spacial score (nSPS) is 13.6. The number of halogens is 3. The molecular formula is C21H23F3N2O3S. The summed E-state index contributed by atoms with van der Waals surface area (Å²) in [5.41, 5.74) is -1.54. The highest BCUT2D eigenvalue weighted by Crippen LogP contribution is 2.29. The SMILES string of the molecule is CCNC(=O)Cn1c(=O)/c(=C\c2ccc(C(F)(F)F)cc2)s/c1=C\C(=O)C(C)(C)C. The van der Waals surface area contributed by atoms with Crippen molar-refractivity contribution in [3.63, 3.8) is 0 Å². The summed E-state index contributed by atoms with van der Waals surface area (Å²) >= 11 is 1.01. The Morgan fingerprint density at radius 2 is 1.73 bits per heavy atom. The van der Waals surface area contributed by atoms with Crippen molar-refractivity contribution in [1.29, 1.82) is 0 Å². The largest absolute Gasteiger partial charge is 0.416 e. The topological polar surface area (TPSA) is 68.2 Å². The molecule has 0 saturated heterocycles. The fourth-order valence-electron chi connectivity index (χ4n) is 2.44. The lowest BCUT2D eigenvalue weighted by Gasteiger charge is -2.12. The molecule has 9 heteroatoms. The Kier molecular flexibility index (Phi) is 7.07. The summed E-state index contributed by atoms with van der Waals surface area (Å²) in [6.07, 6.45) is -1.67. The number of nitrogens with one attached hydrogen (secondary N) is 1. The molecule has 0 atom stereocenters. The maximum Gasteiger partial charge on any atom is 0.416 e. The number of amides is 1. The van der Waals surface area contributed by atoms with Crippen molar-refractivity contribution >= 4 is 35.2 Å². The smallest absolute Gasteiger partial charge is 0.355 e. The zero-order valence-corrected chi connectivity index (χ0v) is 17.9. The predicted molar refractivity (Wildman–Crippen MR) is 110 cm³/mol.